The van der Waals surface area contributed by atoms with Crippen molar-refractivity contribution in [3.63, 3.8) is 0 Å². The summed E-state index contributed by atoms with van der Waals surface area (Å²) in [5, 5.41) is 23.4. The predicted molar refractivity (Wildman–Crippen MR) is 110 cm³/mol. The topological polar surface area (TPSA) is 142 Å². The average Bonchev–Trinajstić information content (AvgIpc) is 3.12. The Bertz CT molecular complexity index is 568. The summed E-state index contributed by atoms with van der Waals surface area (Å²) < 4.78 is 32.9. The van der Waals surface area contributed by atoms with E-state index in [2.05, 4.69) is 5.32 Å². The van der Waals surface area contributed by atoms with Crippen molar-refractivity contribution >= 4 is 22.8 Å². The third-order valence-corrected chi connectivity index (χ3v) is 5.51. The number of carbonyl (C=O) groups excluding carboxylic acids is 2. The summed E-state index contributed by atoms with van der Waals surface area (Å²) in [6.45, 7) is 5.76. The first kappa shape index (κ1) is 26.4. The number of nitrogens with one attached hydrogen (secondary N) is 1. The van der Waals surface area contributed by atoms with Crippen LogP contribution in [0.5, 0.6) is 0 Å². The van der Waals surface area contributed by atoms with Gasteiger partial charge in [0.15, 0.2) is 11.4 Å². The molecule has 12 heteroatoms. The number of aliphatic hydroxyl groups is 2. The molecule has 0 aromatic heterocycles. The van der Waals surface area contributed by atoms with Crippen LogP contribution in [-0.4, -0.2) is 117 Å². The SMILES string of the molecule is CC(=O)NC1C2OCC(COCCOCCOCCOCCSC(C)=O)(O2)C(O)C1O. The summed E-state index contributed by atoms with van der Waals surface area (Å²) in [7, 11) is 0. The molecule has 0 aliphatic carbocycles. The molecule has 180 valence electrons. The van der Waals surface area contributed by atoms with Crippen LogP contribution in [0.4, 0.5) is 0 Å². The van der Waals surface area contributed by atoms with Crippen LogP contribution in [0.3, 0.4) is 0 Å². The molecule has 0 aromatic carbocycles. The number of hydrogen-bond acceptors (Lipinski definition) is 11. The molecule has 2 saturated heterocycles. The van der Waals surface area contributed by atoms with Gasteiger partial charge in [-0.15, -0.1) is 0 Å². The molecule has 0 radical (unpaired) electrons. The van der Waals surface area contributed by atoms with Crippen LogP contribution in [0, 0.1) is 0 Å². The molecule has 2 fully saturated rings. The Morgan fingerprint density at radius 2 is 1.58 bits per heavy atom. The van der Waals surface area contributed by atoms with Gasteiger partial charge in [-0.25, -0.2) is 0 Å². The zero-order chi connectivity index (χ0) is 22.7. The highest BCUT2D eigenvalue weighted by atomic mass is 32.2. The van der Waals surface area contributed by atoms with Gasteiger partial charge in [-0.3, -0.25) is 9.59 Å². The molecule has 1 amide bonds. The van der Waals surface area contributed by atoms with Gasteiger partial charge in [0, 0.05) is 19.6 Å². The van der Waals surface area contributed by atoms with E-state index in [4.69, 9.17) is 28.4 Å². The lowest BCUT2D eigenvalue weighted by atomic mass is 9.88. The molecule has 5 atom stereocenters. The van der Waals surface area contributed by atoms with E-state index in [1.54, 1.807) is 0 Å². The highest BCUT2D eigenvalue weighted by Gasteiger charge is 2.59. The molecule has 0 aromatic rings. The van der Waals surface area contributed by atoms with Crippen molar-refractivity contribution in [3.05, 3.63) is 0 Å². The number of amides is 1. The summed E-state index contributed by atoms with van der Waals surface area (Å²) in [5.41, 5.74) is -1.18. The van der Waals surface area contributed by atoms with E-state index >= 15 is 0 Å². The van der Waals surface area contributed by atoms with Gasteiger partial charge in [0.05, 0.1) is 59.5 Å². The smallest absolute Gasteiger partial charge is 0.217 e. The number of hydrogen-bond donors (Lipinski definition) is 3. The molecular weight excluding hydrogens is 434 g/mol. The molecule has 11 nitrogen and oxygen atoms in total. The summed E-state index contributed by atoms with van der Waals surface area (Å²) in [6, 6.07) is -0.837. The highest BCUT2D eigenvalue weighted by Crippen LogP contribution is 2.37. The van der Waals surface area contributed by atoms with Gasteiger partial charge >= 0.3 is 0 Å². The summed E-state index contributed by atoms with van der Waals surface area (Å²) in [4.78, 5) is 22.0. The second-order valence-electron chi connectivity index (χ2n) is 7.25. The lowest BCUT2D eigenvalue weighted by Gasteiger charge is -2.42. The lowest BCUT2D eigenvalue weighted by Crippen LogP contribution is -2.66. The molecular formula is C19H33NO10S. The first-order valence-electron chi connectivity index (χ1n) is 10.2. The van der Waals surface area contributed by atoms with Gasteiger partial charge in [-0.1, -0.05) is 11.8 Å². The van der Waals surface area contributed by atoms with Crippen LogP contribution in [0.1, 0.15) is 13.8 Å². The molecule has 2 rings (SSSR count). The fraction of sp³-hybridized carbons (Fsp3) is 0.895. The van der Waals surface area contributed by atoms with Crippen molar-refractivity contribution in [3.8, 4) is 0 Å². The number of ether oxygens (including phenoxy) is 6. The maximum atomic E-state index is 11.3. The minimum Gasteiger partial charge on any atom is -0.388 e. The number of fused-ring (bicyclic) bond motifs is 2. The van der Waals surface area contributed by atoms with Crippen LogP contribution in [0.25, 0.3) is 0 Å². The maximum absolute atomic E-state index is 11.3. The van der Waals surface area contributed by atoms with E-state index in [9.17, 15) is 19.8 Å². The van der Waals surface area contributed by atoms with Crippen molar-refractivity contribution in [1.29, 1.82) is 0 Å². The molecule has 31 heavy (non-hydrogen) atoms. The second kappa shape index (κ2) is 13.7. The number of aliphatic hydroxyl groups excluding tert-OH is 2. The summed E-state index contributed by atoms with van der Waals surface area (Å²) in [5.74, 6) is 0.292. The van der Waals surface area contributed by atoms with Gasteiger partial charge in [0.25, 0.3) is 0 Å². The van der Waals surface area contributed by atoms with Crippen molar-refractivity contribution in [1.82, 2.24) is 5.32 Å². The molecule has 0 saturated carbocycles. The second-order valence-corrected chi connectivity index (χ2v) is 8.53. The third kappa shape index (κ3) is 8.56. The molecule has 3 N–H and O–H groups in total. The van der Waals surface area contributed by atoms with Crippen LogP contribution in [0.2, 0.25) is 0 Å². The fourth-order valence-corrected chi connectivity index (χ4v) is 3.71. The first-order chi connectivity index (χ1) is 14.9. The van der Waals surface area contributed by atoms with Crippen LogP contribution in [0.15, 0.2) is 0 Å². The Morgan fingerprint density at radius 1 is 1.00 bits per heavy atom. The summed E-state index contributed by atoms with van der Waals surface area (Å²) >= 11 is 1.23. The number of thioether (sulfide) groups is 1. The zero-order valence-electron chi connectivity index (χ0n) is 17.9. The van der Waals surface area contributed by atoms with Crippen molar-refractivity contribution in [2.24, 2.45) is 0 Å². The Morgan fingerprint density at radius 3 is 2.16 bits per heavy atom. The Balaban J connectivity index is 1.48. The van der Waals surface area contributed by atoms with E-state index in [1.807, 2.05) is 0 Å². The minimum absolute atomic E-state index is 0.0215. The standard InChI is InChI=1S/C19H33NO10S/c1-13(21)20-15-16(23)17(24)19(12-29-18(15)30-19)11-28-8-7-26-4-3-25-5-6-27-9-10-31-14(2)22/h15-18,23-24H,3-12H2,1-2H3,(H,20,21). The normalized spacial score (nSPS) is 29.8. The minimum atomic E-state index is -1.26. The van der Waals surface area contributed by atoms with E-state index in [0.29, 0.717) is 45.4 Å². The average molecular weight is 468 g/mol. The Labute approximate surface area is 186 Å². The van der Waals surface area contributed by atoms with E-state index in [0.717, 1.165) is 0 Å². The van der Waals surface area contributed by atoms with Crippen molar-refractivity contribution < 1.29 is 48.2 Å². The molecule has 5 unspecified atom stereocenters. The Hall–Kier alpha value is -0.830. The van der Waals surface area contributed by atoms with Gasteiger partial charge in [-0.2, -0.15) is 0 Å². The van der Waals surface area contributed by atoms with Gasteiger partial charge in [0.1, 0.15) is 23.9 Å². The number of rotatable bonds is 15. The fourth-order valence-electron chi connectivity index (χ4n) is 3.22. The van der Waals surface area contributed by atoms with Crippen LogP contribution >= 0.6 is 11.8 Å². The molecule has 0 spiro atoms. The highest BCUT2D eigenvalue weighted by molar-refractivity contribution is 8.13. The van der Waals surface area contributed by atoms with E-state index in [-0.39, 0.29) is 30.8 Å². The quantitative estimate of drug-likeness (QED) is 0.247. The predicted octanol–water partition coefficient (Wildman–Crippen LogP) is -1.32. The van der Waals surface area contributed by atoms with Crippen molar-refractivity contribution in [2.45, 2.75) is 44.0 Å². The lowest BCUT2D eigenvalue weighted by molar-refractivity contribution is -0.238. The largest absolute Gasteiger partial charge is 0.388 e. The molecule has 2 bridgehead atoms. The van der Waals surface area contributed by atoms with Gasteiger partial charge in [-0.05, 0) is 0 Å². The van der Waals surface area contributed by atoms with Gasteiger partial charge < -0.3 is 44.0 Å². The number of carbonyl (C=O) groups is 2. The summed E-state index contributed by atoms with van der Waals surface area (Å²) in [6.07, 6.45) is -3.32. The van der Waals surface area contributed by atoms with Crippen LogP contribution in [-0.2, 0) is 38.0 Å². The monoisotopic (exact) mass is 467 g/mol. The molecule has 2 aliphatic heterocycles. The third-order valence-electron chi connectivity index (χ3n) is 4.73. The maximum Gasteiger partial charge on any atom is 0.217 e. The molecule has 2 aliphatic rings. The Kier molecular flexibility index (Phi) is 11.6. The van der Waals surface area contributed by atoms with E-state index < -0.39 is 30.1 Å². The van der Waals surface area contributed by atoms with Crippen molar-refractivity contribution in [2.75, 3.05) is 65.2 Å². The van der Waals surface area contributed by atoms with Gasteiger partial charge in [0.2, 0.25) is 5.91 Å². The molecule has 2 heterocycles. The zero-order valence-corrected chi connectivity index (χ0v) is 18.8. The van der Waals surface area contributed by atoms with Crippen LogP contribution < -0.4 is 5.32 Å². The van der Waals surface area contributed by atoms with E-state index in [1.165, 1.54) is 25.6 Å². The first-order valence-corrected chi connectivity index (χ1v) is 11.2.